The summed E-state index contributed by atoms with van der Waals surface area (Å²) in [5.41, 5.74) is -0.934. The van der Waals surface area contributed by atoms with Crippen LogP contribution in [0.15, 0.2) is 25.3 Å². The maximum Gasteiger partial charge on any atom is 0.407 e. The Morgan fingerprint density at radius 1 is 0.732 bits per heavy atom. The van der Waals surface area contributed by atoms with Crippen molar-refractivity contribution in [3.8, 4) is 0 Å². The molecular weight excluding hydrogens is 540 g/mol. The molecule has 41 heavy (non-hydrogen) atoms. The van der Waals surface area contributed by atoms with Gasteiger partial charge in [-0.1, -0.05) is 27.0 Å². The van der Waals surface area contributed by atoms with Crippen LogP contribution in [0.2, 0.25) is 0 Å². The van der Waals surface area contributed by atoms with Crippen molar-refractivity contribution in [3.05, 3.63) is 25.3 Å². The number of esters is 2. The predicted molar refractivity (Wildman–Crippen MR) is 150 cm³/mol. The van der Waals surface area contributed by atoms with Gasteiger partial charge >= 0.3 is 24.1 Å². The van der Waals surface area contributed by atoms with Gasteiger partial charge in [-0.2, -0.15) is 0 Å². The van der Waals surface area contributed by atoms with Crippen LogP contribution in [0.5, 0.6) is 0 Å². The summed E-state index contributed by atoms with van der Waals surface area (Å²) in [4.78, 5) is 45.1. The highest BCUT2D eigenvalue weighted by atomic mass is 16.6. The first kappa shape index (κ1) is 37.8. The van der Waals surface area contributed by atoms with Gasteiger partial charge in [-0.15, -0.1) is 0 Å². The van der Waals surface area contributed by atoms with Crippen molar-refractivity contribution in [3.63, 3.8) is 0 Å². The van der Waals surface area contributed by atoms with E-state index in [1.54, 1.807) is 0 Å². The molecule has 0 radical (unpaired) electrons. The fourth-order valence-corrected chi connectivity index (χ4v) is 3.11. The van der Waals surface area contributed by atoms with Gasteiger partial charge in [0.15, 0.2) is 0 Å². The smallest absolute Gasteiger partial charge is 0.407 e. The van der Waals surface area contributed by atoms with E-state index in [0.717, 1.165) is 18.6 Å². The molecule has 0 aromatic rings. The van der Waals surface area contributed by atoms with Gasteiger partial charge in [0.2, 0.25) is 0 Å². The molecule has 2 unspecified atom stereocenters. The van der Waals surface area contributed by atoms with Gasteiger partial charge in [0, 0.05) is 18.1 Å². The number of nitrogens with one attached hydrogen (secondary N) is 2. The molecule has 2 amide bonds. The summed E-state index contributed by atoms with van der Waals surface area (Å²) in [5, 5.41) is 4.93. The molecule has 0 fully saturated rings. The van der Waals surface area contributed by atoms with E-state index >= 15 is 0 Å². The molecule has 0 aliphatic carbocycles. The standard InChI is InChI=1S/C28H48N2O11/c1-8-23(31)36-15-12-29-25(33)38-18-17-35-21-22(4)28(7,10-3)41-14-11-27(5,6)40-20-19-39-26(34)30-13-16-37-24(32)9-2/h8-9,22H,1-2,10-21H2,3-7H3,(H,29,33)(H,30,34). The zero-order valence-corrected chi connectivity index (χ0v) is 25.1. The van der Waals surface area contributed by atoms with E-state index in [4.69, 9.17) is 33.2 Å². The second kappa shape index (κ2) is 21.6. The molecule has 13 heteroatoms. The average Bonchev–Trinajstić information content (AvgIpc) is 2.94. The van der Waals surface area contributed by atoms with Crippen LogP contribution in [-0.4, -0.2) is 101 Å². The molecule has 0 aromatic heterocycles. The molecule has 0 aliphatic heterocycles. The molecule has 0 saturated heterocycles. The molecule has 0 rings (SSSR count). The number of hydrogen-bond donors (Lipinski definition) is 2. The highest BCUT2D eigenvalue weighted by molar-refractivity contribution is 5.81. The van der Waals surface area contributed by atoms with Crippen LogP contribution in [0.4, 0.5) is 9.59 Å². The fourth-order valence-electron chi connectivity index (χ4n) is 3.11. The number of rotatable bonds is 23. The molecule has 0 spiro atoms. The van der Waals surface area contributed by atoms with Crippen molar-refractivity contribution in [2.75, 3.05) is 65.9 Å². The van der Waals surface area contributed by atoms with E-state index in [1.807, 2.05) is 34.6 Å². The van der Waals surface area contributed by atoms with Gasteiger partial charge in [-0.05, 0) is 33.6 Å². The Hall–Kier alpha value is -3.16. The monoisotopic (exact) mass is 588 g/mol. The maximum absolute atomic E-state index is 11.7. The van der Waals surface area contributed by atoms with Crippen molar-refractivity contribution in [2.24, 2.45) is 5.92 Å². The lowest BCUT2D eigenvalue weighted by atomic mass is 9.88. The molecule has 0 heterocycles. The molecule has 13 nitrogen and oxygen atoms in total. The Labute approximate surface area is 243 Å². The quantitative estimate of drug-likeness (QED) is 0.0783. The third-order valence-electron chi connectivity index (χ3n) is 6.08. The summed E-state index contributed by atoms with van der Waals surface area (Å²) in [6, 6.07) is 0. The number of amides is 2. The van der Waals surface area contributed by atoms with Crippen LogP contribution in [0.3, 0.4) is 0 Å². The molecule has 236 valence electrons. The SMILES string of the molecule is C=CC(=O)OCCNC(=O)OCCOCC(C)C(C)(CC)OCCC(C)(C)OCCOC(=O)NCCOC(=O)C=C. The summed E-state index contributed by atoms with van der Waals surface area (Å²) in [6.45, 7) is 18.3. The third-order valence-corrected chi connectivity index (χ3v) is 6.08. The van der Waals surface area contributed by atoms with Crippen LogP contribution in [-0.2, 0) is 42.7 Å². The maximum atomic E-state index is 11.7. The first-order chi connectivity index (χ1) is 19.4. The van der Waals surface area contributed by atoms with Gasteiger partial charge in [-0.3, -0.25) is 0 Å². The van der Waals surface area contributed by atoms with Crippen molar-refractivity contribution in [2.45, 2.75) is 58.7 Å². The van der Waals surface area contributed by atoms with Crippen LogP contribution < -0.4 is 10.6 Å². The fraction of sp³-hybridized carbons (Fsp3) is 0.714. The number of ether oxygens (including phenoxy) is 7. The van der Waals surface area contributed by atoms with E-state index in [-0.39, 0.29) is 58.6 Å². The first-order valence-electron chi connectivity index (χ1n) is 13.6. The number of hydrogen-bond acceptors (Lipinski definition) is 11. The first-order valence-corrected chi connectivity index (χ1v) is 13.6. The number of carbonyl (C=O) groups is 4. The summed E-state index contributed by atoms with van der Waals surface area (Å²) >= 11 is 0. The van der Waals surface area contributed by atoms with Crippen LogP contribution in [0.1, 0.15) is 47.5 Å². The van der Waals surface area contributed by atoms with Crippen molar-refractivity contribution in [1.29, 1.82) is 0 Å². The highest BCUT2D eigenvalue weighted by Gasteiger charge is 2.31. The summed E-state index contributed by atoms with van der Waals surface area (Å²) in [6.07, 6.45) is 2.22. The Balaban J connectivity index is 4.11. The van der Waals surface area contributed by atoms with Crippen LogP contribution >= 0.6 is 0 Å². The van der Waals surface area contributed by atoms with E-state index in [1.165, 1.54) is 0 Å². The lowest BCUT2D eigenvalue weighted by Crippen LogP contribution is -2.40. The minimum Gasteiger partial charge on any atom is -0.461 e. The van der Waals surface area contributed by atoms with Crippen LogP contribution in [0, 0.1) is 5.92 Å². The summed E-state index contributed by atoms with van der Waals surface area (Å²) in [7, 11) is 0. The van der Waals surface area contributed by atoms with E-state index < -0.39 is 35.3 Å². The largest absolute Gasteiger partial charge is 0.461 e. The lowest BCUT2D eigenvalue weighted by Gasteiger charge is -2.36. The van der Waals surface area contributed by atoms with Crippen molar-refractivity contribution < 1.29 is 52.3 Å². The summed E-state index contributed by atoms with van der Waals surface area (Å²) < 4.78 is 37.4. The van der Waals surface area contributed by atoms with Gasteiger partial charge in [-0.25, -0.2) is 19.2 Å². The molecule has 0 bridgehead atoms. The highest BCUT2D eigenvalue weighted by Crippen LogP contribution is 2.27. The van der Waals surface area contributed by atoms with Gasteiger partial charge in [0.1, 0.15) is 26.4 Å². The Morgan fingerprint density at radius 3 is 1.73 bits per heavy atom. The third kappa shape index (κ3) is 19.5. The lowest BCUT2D eigenvalue weighted by molar-refractivity contribution is -0.138. The Kier molecular flexibility index (Phi) is 19.9. The van der Waals surface area contributed by atoms with Crippen molar-refractivity contribution >= 4 is 24.1 Å². The second-order valence-electron chi connectivity index (χ2n) is 9.72. The van der Waals surface area contributed by atoms with Gasteiger partial charge < -0.3 is 43.8 Å². The topological polar surface area (TPSA) is 157 Å². The van der Waals surface area contributed by atoms with Gasteiger partial charge in [0.05, 0.1) is 50.7 Å². The molecular formula is C28H48N2O11. The molecule has 0 aliphatic rings. The van der Waals surface area contributed by atoms with Crippen LogP contribution in [0.25, 0.3) is 0 Å². The van der Waals surface area contributed by atoms with E-state index in [2.05, 4.69) is 23.8 Å². The molecule has 2 N–H and O–H groups in total. The van der Waals surface area contributed by atoms with Gasteiger partial charge in [0.25, 0.3) is 0 Å². The predicted octanol–water partition coefficient (Wildman–Crippen LogP) is 2.92. The Bertz CT molecular complexity index is 819. The zero-order valence-electron chi connectivity index (χ0n) is 25.1. The molecule has 0 aromatic carbocycles. The minimum absolute atomic E-state index is 0.0251. The summed E-state index contributed by atoms with van der Waals surface area (Å²) in [5.74, 6) is -1.05. The zero-order chi connectivity index (χ0) is 31.2. The number of alkyl carbamates (subject to hydrolysis) is 2. The van der Waals surface area contributed by atoms with E-state index in [9.17, 15) is 19.2 Å². The molecule has 0 saturated carbocycles. The Morgan fingerprint density at radius 2 is 1.24 bits per heavy atom. The minimum atomic E-state index is -0.627. The molecule has 2 atom stereocenters. The second-order valence-corrected chi connectivity index (χ2v) is 9.72. The number of carbonyl (C=O) groups excluding carboxylic acids is 4. The van der Waals surface area contributed by atoms with E-state index in [0.29, 0.717) is 19.6 Å². The normalized spacial score (nSPS) is 13.2. The average molecular weight is 589 g/mol. The van der Waals surface area contributed by atoms with Crippen molar-refractivity contribution in [1.82, 2.24) is 10.6 Å².